The monoisotopic (exact) mass is 386 g/mol. The van der Waals surface area contributed by atoms with Crippen LogP contribution in [0.15, 0.2) is 65.7 Å². The lowest BCUT2D eigenvalue weighted by molar-refractivity contribution is -0.118. The highest BCUT2D eigenvalue weighted by atomic mass is 35.5. The van der Waals surface area contributed by atoms with Crippen molar-refractivity contribution in [2.24, 2.45) is 10.7 Å². The molecule has 142 valence electrons. The number of anilines is 1. The van der Waals surface area contributed by atoms with Crippen molar-refractivity contribution < 1.29 is 9.59 Å². The van der Waals surface area contributed by atoms with E-state index in [1.54, 1.807) is 36.4 Å². The SMILES string of the molecule is NC(CCl)=NCCCC(NC(=O)c1ccccc1)C(=O)Nc1ccccc1. The Balaban J connectivity index is 2.02. The highest BCUT2D eigenvalue weighted by Crippen LogP contribution is 2.09. The maximum atomic E-state index is 12.7. The van der Waals surface area contributed by atoms with Crippen LogP contribution in [0.5, 0.6) is 0 Å². The molecule has 1 unspecified atom stereocenters. The average molecular weight is 387 g/mol. The first-order valence-corrected chi connectivity index (χ1v) is 9.20. The molecule has 2 rings (SSSR count). The van der Waals surface area contributed by atoms with Crippen molar-refractivity contribution in [3.63, 3.8) is 0 Å². The number of amidine groups is 1. The first-order valence-electron chi connectivity index (χ1n) is 8.66. The van der Waals surface area contributed by atoms with E-state index >= 15 is 0 Å². The molecular formula is C20H23ClN4O2. The maximum absolute atomic E-state index is 12.7. The molecule has 7 heteroatoms. The van der Waals surface area contributed by atoms with Gasteiger partial charge in [-0.2, -0.15) is 0 Å². The molecule has 0 heterocycles. The quantitative estimate of drug-likeness (QED) is 0.267. The van der Waals surface area contributed by atoms with E-state index in [1.165, 1.54) is 0 Å². The Morgan fingerprint density at radius 1 is 1.04 bits per heavy atom. The first-order chi connectivity index (χ1) is 13.1. The van der Waals surface area contributed by atoms with Gasteiger partial charge < -0.3 is 16.4 Å². The van der Waals surface area contributed by atoms with Crippen LogP contribution in [0, 0.1) is 0 Å². The van der Waals surface area contributed by atoms with Crippen LogP contribution in [-0.2, 0) is 4.79 Å². The third kappa shape index (κ3) is 7.11. The van der Waals surface area contributed by atoms with E-state index in [1.807, 2.05) is 24.3 Å². The van der Waals surface area contributed by atoms with Gasteiger partial charge in [-0.1, -0.05) is 36.4 Å². The molecule has 0 aliphatic heterocycles. The van der Waals surface area contributed by atoms with E-state index in [4.69, 9.17) is 17.3 Å². The van der Waals surface area contributed by atoms with Gasteiger partial charge in [-0.3, -0.25) is 14.6 Å². The van der Waals surface area contributed by atoms with Crippen molar-refractivity contribution in [3.05, 3.63) is 66.2 Å². The van der Waals surface area contributed by atoms with Gasteiger partial charge in [0, 0.05) is 17.8 Å². The minimum atomic E-state index is -0.690. The Hall–Kier alpha value is -2.86. The van der Waals surface area contributed by atoms with Crippen LogP contribution < -0.4 is 16.4 Å². The number of halogens is 1. The minimum absolute atomic E-state index is 0.169. The molecule has 1 atom stereocenters. The summed E-state index contributed by atoms with van der Waals surface area (Å²) in [6, 6.07) is 17.2. The molecular weight excluding hydrogens is 364 g/mol. The number of amides is 2. The summed E-state index contributed by atoms with van der Waals surface area (Å²) < 4.78 is 0. The Labute approximate surface area is 163 Å². The minimum Gasteiger partial charge on any atom is -0.386 e. The molecule has 0 spiro atoms. The van der Waals surface area contributed by atoms with Crippen molar-refractivity contribution in [2.75, 3.05) is 17.7 Å². The summed E-state index contributed by atoms with van der Waals surface area (Å²) in [6.07, 6.45) is 1.01. The van der Waals surface area contributed by atoms with Crippen LogP contribution >= 0.6 is 11.6 Å². The Bertz CT molecular complexity index is 766. The lowest BCUT2D eigenvalue weighted by Gasteiger charge is -2.18. The van der Waals surface area contributed by atoms with Gasteiger partial charge in [0.05, 0.1) is 5.88 Å². The fourth-order valence-corrected chi connectivity index (χ4v) is 2.50. The van der Waals surface area contributed by atoms with Gasteiger partial charge in [-0.15, -0.1) is 11.6 Å². The zero-order chi connectivity index (χ0) is 19.5. The van der Waals surface area contributed by atoms with Crippen LogP contribution in [-0.4, -0.2) is 36.1 Å². The predicted molar refractivity (Wildman–Crippen MR) is 109 cm³/mol. The number of carbonyl (C=O) groups is 2. The summed E-state index contributed by atoms with van der Waals surface area (Å²) in [5, 5.41) is 5.62. The number of carbonyl (C=O) groups excluding carboxylic acids is 2. The molecule has 2 aromatic carbocycles. The summed E-state index contributed by atoms with van der Waals surface area (Å²) in [4.78, 5) is 29.2. The molecule has 0 saturated carbocycles. The molecule has 0 aromatic heterocycles. The number of hydrogen-bond acceptors (Lipinski definition) is 3. The van der Waals surface area contributed by atoms with Crippen LogP contribution in [0.4, 0.5) is 5.69 Å². The van der Waals surface area contributed by atoms with Crippen LogP contribution in [0.2, 0.25) is 0 Å². The number of nitrogens with one attached hydrogen (secondary N) is 2. The van der Waals surface area contributed by atoms with E-state index < -0.39 is 6.04 Å². The molecule has 6 nitrogen and oxygen atoms in total. The predicted octanol–water partition coefficient (Wildman–Crippen LogP) is 2.80. The topological polar surface area (TPSA) is 96.6 Å². The fourth-order valence-electron chi connectivity index (χ4n) is 2.41. The summed E-state index contributed by atoms with van der Waals surface area (Å²) in [6.45, 7) is 0.439. The molecule has 27 heavy (non-hydrogen) atoms. The van der Waals surface area contributed by atoms with Crippen molar-refractivity contribution in [2.45, 2.75) is 18.9 Å². The van der Waals surface area contributed by atoms with Gasteiger partial charge >= 0.3 is 0 Å². The first kappa shape index (κ1) is 20.5. The summed E-state index contributed by atoms with van der Waals surface area (Å²) >= 11 is 5.59. The van der Waals surface area contributed by atoms with E-state index in [0.29, 0.717) is 36.5 Å². The van der Waals surface area contributed by atoms with Crippen molar-refractivity contribution in [1.82, 2.24) is 5.32 Å². The van der Waals surface area contributed by atoms with Crippen molar-refractivity contribution >= 4 is 34.9 Å². The second-order valence-corrected chi connectivity index (χ2v) is 6.16. The smallest absolute Gasteiger partial charge is 0.251 e. The number of aliphatic imine (C=N–C) groups is 1. The number of nitrogens with two attached hydrogens (primary N) is 1. The average Bonchev–Trinajstić information content (AvgIpc) is 2.71. The number of para-hydroxylation sites is 1. The number of rotatable bonds is 9. The van der Waals surface area contributed by atoms with Crippen LogP contribution in [0.1, 0.15) is 23.2 Å². The zero-order valence-electron chi connectivity index (χ0n) is 14.9. The standard InChI is InChI=1S/C20H23ClN4O2/c21-14-18(22)23-13-7-12-17(20(27)24-16-10-5-2-6-11-16)25-19(26)15-8-3-1-4-9-15/h1-6,8-11,17H,7,12-14H2,(H2,22,23)(H,24,27)(H,25,26). The van der Waals surface area contributed by atoms with E-state index in [2.05, 4.69) is 15.6 Å². The van der Waals surface area contributed by atoms with Gasteiger partial charge in [-0.05, 0) is 37.1 Å². The second-order valence-electron chi connectivity index (χ2n) is 5.90. The maximum Gasteiger partial charge on any atom is 0.251 e. The molecule has 0 aliphatic carbocycles. The summed E-state index contributed by atoms with van der Waals surface area (Å²) in [5.74, 6) is -0.0505. The van der Waals surface area contributed by atoms with Gasteiger partial charge in [0.25, 0.3) is 5.91 Å². The molecule has 4 N–H and O–H groups in total. The molecule has 0 bridgehead atoms. The van der Waals surface area contributed by atoms with Gasteiger partial charge in [0.1, 0.15) is 11.9 Å². The van der Waals surface area contributed by atoms with Gasteiger partial charge in [0.15, 0.2) is 0 Å². The third-order valence-corrected chi connectivity index (χ3v) is 4.08. The van der Waals surface area contributed by atoms with Crippen molar-refractivity contribution in [1.29, 1.82) is 0 Å². The molecule has 0 fully saturated rings. The highest BCUT2D eigenvalue weighted by molar-refractivity contribution is 6.27. The lowest BCUT2D eigenvalue weighted by Crippen LogP contribution is -2.44. The molecule has 2 aromatic rings. The molecule has 2 amide bonds. The fraction of sp³-hybridized carbons (Fsp3) is 0.250. The van der Waals surface area contributed by atoms with Crippen molar-refractivity contribution in [3.8, 4) is 0 Å². The molecule has 0 radical (unpaired) electrons. The third-order valence-electron chi connectivity index (χ3n) is 3.80. The Morgan fingerprint density at radius 2 is 1.67 bits per heavy atom. The van der Waals surface area contributed by atoms with E-state index in [-0.39, 0.29) is 17.7 Å². The Morgan fingerprint density at radius 3 is 2.30 bits per heavy atom. The number of alkyl halides is 1. The number of benzene rings is 2. The molecule has 0 aliphatic rings. The highest BCUT2D eigenvalue weighted by Gasteiger charge is 2.21. The normalized spacial score (nSPS) is 12.3. The van der Waals surface area contributed by atoms with Gasteiger partial charge in [-0.25, -0.2) is 0 Å². The van der Waals surface area contributed by atoms with E-state index in [0.717, 1.165) is 0 Å². The summed E-state index contributed by atoms with van der Waals surface area (Å²) in [7, 11) is 0. The second kappa shape index (κ2) is 11.0. The number of hydrogen-bond donors (Lipinski definition) is 3. The summed E-state index contributed by atoms with van der Waals surface area (Å²) in [5.41, 5.74) is 6.75. The van der Waals surface area contributed by atoms with Crippen LogP contribution in [0.25, 0.3) is 0 Å². The number of nitrogens with zero attached hydrogens (tertiary/aromatic N) is 1. The van der Waals surface area contributed by atoms with Gasteiger partial charge in [0.2, 0.25) is 5.91 Å². The Kier molecular flexibility index (Phi) is 8.32. The van der Waals surface area contributed by atoms with E-state index in [9.17, 15) is 9.59 Å². The lowest BCUT2D eigenvalue weighted by atomic mass is 10.1. The molecule has 0 saturated heterocycles. The largest absolute Gasteiger partial charge is 0.386 e. The zero-order valence-corrected chi connectivity index (χ0v) is 15.7. The van der Waals surface area contributed by atoms with Crippen LogP contribution in [0.3, 0.4) is 0 Å².